The second kappa shape index (κ2) is 5.17. The summed E-state index contributed by atoms with van der Waals surface area (Å²) in [7, 11) is 1.65. The summed E-state index contributed by atoms with van der Waals surface area (Å²) in [6.45, 7) is 0. The van der Waals surface area contributed by atoms with Crippen LogP contribution in [0.5, 0.6) is 0 Å². The van der Waals surface area contributed by atoms with E-state index in [0.717, 1.165) is 6.42 Å². The number of hydrogen-bond donors (Lipinski definition) is 0. The van der Waals surface area contributed by atoms with Crippen LogP contribution in [0, 0.1) is 0 Å². The van der Waals surface area contributed by atoms with Crippen molar-refractivity contribution in [3.63, 3.8) is 0 Å². The van der Waals surface area contributed by atoms with Crippen molar-refractivity contribution < 1.29 is 9.53 Å². The summed E-state index contributed by atoms with van der Waals surface area (Å²) in [5.41, 5.74) is 0. The monoisotopic (exact) mass is 306 g/mol. The number of carbonyl (C=O) groups is 1. The Hall–Kier alpha value is -0.280. The second-order valence-corrected chi connectivity index (χ2v) is 12.3. The van der Waals surface area contributed by atoms with Gasteiger partial charge in [-0.2, -0.15) is 0 Å². The standard InChI is InChI=1S/C6H10O2.C6H5.In/c1-3-4-6(5-7)8-2;1-2-4-6-5-3-1;/h6H,1,3-4H2,2H3;1-5H;. The Balaban J connectivity index is 2.19. The normalized spacial score (nSPS) is 21.8. The van der Waals surface area contributed by atoms with E-state index in [1.165, 1.54) is 13.9 Å². The van der Waals surface area contributed by atoms with E-state index in [-0.39, 0.29) is 6.10 Å². The molecule has 1 heterocycles. The van der Waals surface area contributed by atoms with Crippen molar-refractivity contribution in [2.75, 3.05) is 7.11 Å². The molecular weight excluding hydrogens is 291 g/mol. The molecule has 1 aliphatic rings. The summed E-state index contributed by atoms with van der Waals surface area (Å²) in [4.78, 5) is 12.1. The van der Waals surface area contributed by atoms with Crippen LogP contribution in [0.4, 0.5) is 0 Å². The minimum absolute atomic E-state index is 0.0974. The van der Waals surface area contributed by atoms with Gasteiger partial charge in [0.2, 0.25) is 0 Å². The number of carbonyl (C=O) groups excluding carboxylic acids is 1. The van der Waals surface area contributed by atoms with Crippen LogP contribution in [-0.4, -0.2) is 38.2 Å². The maximum atomic E-state index is 12.1. The van der Waals surface area contributed by atoms with E-state index in [4.69, 9.17) is 4.74 Å². The molecule has 0 aromatic heterocycles. The van der Waals surface area contributed by atoms with Gasteiger partial charge in [-0.3, -0.25) is 0 Å². The zero-order valence-corrected chi connectivity index (χ0v) is 12.3. The molecule has 0 amide bonds. The first-order chi connectivity index (χ1) is 7.33. The second-order valence-electron chi connectivity index (χ2n) is 4.02. The fraction of sp³-hybridized carbons (Fsp3) is 0.417. The van der Waals surface area contributed by atoms with Crippen LogP contribution in [0.1, 0.15) is 12.8 Å². The number of rotatable bonds is 2. The maximum absolute atomic E-state index is 12.1. The van der Waals surface area contributed by atoms with Gasteiger partial charge in [0.1, 0.15) is 0 Å². The molecule has 1 atom stereocenters. The molecule has 1 saturated heterocycles. The van der Waals surface area contributed by atoms with Crippen LogP contribution >= 0.6 is 0 Å². The van der Waals surface area contributed by atoms with E-state index in [1.807, 2.05) is 18.2 Å². The Bertz CT molecular complexity index is 337. The Labute approximate surface area is 98.2 Å². The molecule has 1 aromatic carbocycles. The van der Waals surface area contributed by atoms with Gasteiger partial charge in [0.25, 0.3) is 0 Å². The fourth-order valence-electron chi connectivity index (χ4n) is 2.27. The van der Waals surface area contributed by atoms with Crippen molar-refractivity contribution in [1.29, 1.82) is 0 Å². The average molecular weight is 306 g/mol. The molecule has 2 nitrogen and oxygen atoms in total. The number of methoxy groups -OCH3 is 1. The molecule has 1 aliphatic heterocycles. The average Bonchev–Trinajstić information content (AvgIpc) is 2.30. The Kier molecular flexibility index (Phi) is 3.87. The molecular formula is C12H15InO2. The third-order valence-electron chi connectivity index (χ3n) is 3.11. The predicted molar refractivity (Wildman–Crippen MR) is 61.7 cm³/mol. The first-order valence-electron chi connectivity index (χ1n) is 5.44. The van der Waals surface area contributed by atoms with Gasteiger partial charge in [0.05, 0.1) is 0 Å². The van der Waals surface area contributed by atoms with Crippen LogP contribution < -0.4 is 3.32 Å². The van der Waals surface area contributed by atoms with Gasteiger partial charge in [-0.15, -0.1) is 0 Å². The van der Waals surface area contributed by atoms with Gasteiger partial charge in [-0.05, 0) is 0 Å². The topological polar surface area (TPSA) is 26.3 Å². The number of hydrogen-bond acceptors (Lipinski definition) is 2. The molecule has 1 unspecified atom stereocenters. The van der Waals surface area contributed by atoms with Gasteiger partial charge in [-0.1, -0.05) is 0 Å². The quantitative estimate of drug-likeness (QED) is 0.823. The van der Waals surface area contributed by atoms with E-state index in [2.05, 4.69) is 12.1 Å². The summed E-state index contributed by atoms with van der Waals surface area (Å²) in [6, 6.07) is 10.3. The fourth-order valence-corrected chi connectivity index (χ4v) is 10.9. The molecule has 0 N–H and O–H groups in total. The van der Waals surface area contributed by atoms with Crippen LogP contribution in [0.15, 0.2) is 30.3 Å². The molecule has 0 spiro atoms. The van der Waals surface area contributed by atoms with Crippen molar-refractivity contribution in [3.8, 4) is 0 Å². The Morgan fingerprint density at radius 2 is 2.07 bits per heavy atom. The number of ether oxygens (including phenoxy) is 1. The third-order valence-corrected chi connectivity index (χ3v) is 12.3. The molecule has 0 bridgehead atoms. The molecule has 15 heavy (non-hydrogen) atoms. The predicted octanol–water partition coefficient (Wildman–Crippen LogP) is 1.31. The molecule has 0 saturated carbocycles. The van der Waals surface area contributed by atoms with E-state index >= 15 is 0 Å². The summed E-state index contributed by atoms with van der Waals surface area (Å²) in [5.74, 6) is 0. The van der Waals surface area contributed by atoms with Gasteiger partial charge in [0.15, 0.2) is 0 Å². The summed E-state index contributed by atoms with van der Waals surface area (Å²) < 4.78 is 8.22. The van der Waals surface area contributed by atoms with Crippen molar-refractivity contribution in [3.05, 3.63) is 30.3 Å². The Morgan fingerprint density at radius 3 is 2.73 bits per heavy atom. The zero-order valence-electron chi connectivity index (χ0n) is 8.98. The van der Waals surface area contributed by atoms with E-state index in [1.54, 1.807) is 7.11 Å². The molecule has 1 fully saturated rings. The van der Waals surface area contributed by atoms with E-state index in [0.29, 0.717) is 3.54 Å². The van der Waals surface area contributed by atoms with Crippen LogP contribution in [0.25, 0.3) is 0 Å². The zero-order chi connectivity index (χ0) is 10.7. The van der Waals surface area contributed by atoms with Crippen molar-refractivity contribution >= 4 is 28.3 Å². The first-order valence-corrected chi connectivity index (χ1v) is 11.1. The summed E-state index contributed by atoms with van der Waals surface area (Å²) in [6.07, 6.45) is 2.00. The Morgan fingerprint density at radius 1 is 1.33 bits per heavy atom. The van der Waals surface area contributed by atoms with Crippen molar-refractivity contribution in [2.24, 2.45) is 0 Å². The third kappa shape index (κ3) is 2.45. The molecule has 78 valence electrons. The first kappa shape index (κ1) is 11.2. The summed E-state index contributed by atoms with van der Waals surface area (Å²) in [5, 5.41) is 0. The molecule has 1 aromatic rings. The molecule has 2 rings (SSSR count). The van der Waals surface area contributed by atoms with E-state index in [9.17, 15) is 4.79 Å². The summed E-state index contributed by atoms with van der Waals surface area (Å²) >= 11 is -2.17. The van der Waals surface area contributed by atoms with Gasteiger partial charge < -0.3 is 0 Å². The minimum atomic E-state index is -2.17. The molecule has 3 heteroatoms. The molecule has 0 aliphatic carbocycles. The van der Waals surface area contributed by atoms with Crippen LogP contribution in [0.2, 0.25) is 4.18 Å². The van der Waals surface area contributed by atoms with Crippen molar-refractivity contribution in [2.45, 2.75) is 23.1 Å². The van der Waals surface area contributed by atoms with Gasteiger partial charge >= 0.3 is 98.4 Å². The van der Waals surface area contributed by atoms with Crippen molar-refractivity contribution in [1.82, 2.24) is 0 Å². The van der Waals surface area contributed by atoms with E-state index < -0.39 is 21.4 Å². The molecule has 0 radical (unpaired) electrons. The number of benzene rings is 1. The van der Waals surface area contributed by atoms with Gasteiger partial charge in [-0.25, -0.2) is 0 Å². The van der Waals surface area contributed by atoms with Crippen LogP contribution in [-0.2, 0) is 9.53 Å². The SMILES string of the molecule is COC1CC[CH2][In]([c]2ccccc2)[C]1=O. The van der Waals surface area contributed by atoms with Gasteiger partial charge in [0, 0.05) is 0 Å². The van der Waals surface area contributed by atoms with Crippen LogP contribution in [0.3, 0.4) is 0 Å².